The van der Waals surface area contributed by atoms with Crippen LogP contribution >= 0.6 is 0 Å². The number of hydrogen-bond acceptors (Lipinski definition) is 5. The minimum absolute atomic E-state index is 0.202. The van der Waals surface area contributed by atoms with Gasteiger partial charge in [-0.25, -0.2) is 4.79 Å². The zero-order chi connectivity index (χ0) is 21.3. The van der Waals surface area contributed by atoms with Crippen molar-refractivity contribution in [3.63, 3.8) is 0 Å². The van der Waals surface area contributed by atoms with Gasteiger partial charge < -0.3 is 18.9 Å². The highest BCUT2D eigenvalue weighted by atomic mass is 16.5. The lowest BCUT2D eigenvalue weighted by Gasteiger charge is -2.12. The summed E-state index contributed by atoms with van der Waals surface area (Å²) in [5, 5.41) is 0. The Kier molecular flexibility index (Phi) is 7.11. The van der Waals surface area contributed by atoms with Gasteiger partial charge in [0, 0.05) is 6.08 Å². The lowest BCUT2D eigenvalue weighted by atomic mass is 10.0. The van der Waals surface area contributed by atoms with E-state index in [0.717, 1.165) is 22.3 Å². The van der Waals surface area contributed by atoms with Crippen LogP contribution in [0.25, 0.3) is 17.2 Å². The zero-order valence-corrected chi connectivity index (χ0v) is 17.3. The smallest absolute Gasteiger partial charge is 0.331 e. The van der Waals surface area contributed by atoms with E-state index in [1.54, 1.807) is 39.5 Å². The Morgan fingerprint density at radius 2 is 1.40 bits per heavy atom. The normalized spacial score (nSPS) is 10.6. The average molecular weight is 404 g/mol. The summed E-state index contributed by atoms with van der Waals surface area (Å²) >= 11 is 0. The summed E-state index contributed by atoms with van der Waals surface area (Å²) in [5.41, 5.74) is 3.92. The van der Waals surface area contributed by atoms with Crippen LogP contribution in [0.1, 0.15) is 11.1 Å². The van der Waals surface area contributed by atoms with E-state index in [0.29, 0.717) is 17.2 Å². The monoisotopic (exact) mass is 404 g/mol. The van der Waals surface area contributed by atoms with Gasteiger partial charge in [-0.1, -0.05) is 54.6 Å². The lowest BCUT2D eigenvalue weighted by molar-refractivity contribution is -0.138. The van der Waals surface area contributed by atoms with Crippen molar-refractivity contribution in [3.8, 4) is 28.4 Å². The molecule has 0 aliphatic rings. The highest BCUT2D eigenvalue weighted by Crippen LogP contribution is 2.38. The first-order valence-electron chi connectivity index (χ1n) is 9.44. The summed E-state index contributed by atoms with van der Waals surface area (Å²) in [7, 11) is 4.63. The number of methoxy groups -OCH3 is 3. The fraction of sp³-hybridized carbons (Fsp3) is 0.160. The third-order valence-corrected chi connectivity index (χ3v) is 4.54. The van der Waals surface area contributed by atoms with E-state index in [2.05, 4.69) is 12.1 Å². The molecule has 0 saturated heterocycles. The van der Waals surface area contributed by atoms with E-state index in [1.165, 1.54) is 6.08 Å². The Bertz CT molecular complexity index is 982. The van der Waals surface area contributed by atoms with Gasteiger partial charge in [0.15, 0.2) is 11.5 Å². The van der Waals surface area contributed by atoms with Crippen molar-refractivity contribution >= 4 is 12.0 Å². The van der Waals surface area contributed by atoms with Crippen LogP contribution in [0.2, 0.25) is 0 Å². The molecule has 0 aromatic heterocycles. The third kappa shape index (κ3) is 5.20. The highest BCUT2D eigenvalue weighted by Gasteiger charge is 2.12. The van der Waals surface area contributed by atoms with Crippen molar-refractivity contribution < 1.29 is 23.7 Å². The maximum atomic E-state index is 12.1. The van der Waals surface area contributed by atoms with Crippen LogP contribution in [0.3, 0.4) is 0 Å². The first kappa shape index (κ1) is 21.0. The molecule has 154 valence electrons. The van der Waals surface area contributed by atoms with Crippen molar-refractivity contribution in [2.75, 3.05) is 21.3 Å². The molecule has 3 aromatic carbocycles. The standard InChI is InChI=1S/C25H24O5/c1-27-22-15-19(16-23(28-2)25(22)29-3)11-14-24(26)30-17-18-9-12-21(13-10-18)20-7-5-4-6-8-20/h4-16H,17H2,1-3H3/b14-11+. The van der Waals surface area contributed by atoms with Gasteiger partial charge in [0.2, 0.25) is 5.75 Å². The molecule has 0 spiro atoms. The molecule has 0 amide bonds. The Morgan fingerprint density at radius 1 is 0.800 bits per heavy atom. The van der Waals surface area contributed by atoms with Crippen LogP contribution in [0.5, 0.6) is 17.2 Å². The number of rotatable bonds is 8. The van der Waals surface area contributed by atoms with Gasteiger partial charge in [-0.15, -0.1) is 0 Å². The van der Waals surface area contributed by atoms with Crippen LogP contribution in [0.15, 0.2) is 72.8 Å². The van der Waals surface area contributed by atoms with Gasteiger partial charge in [-0.05, 0) is 40.5 Å². The summed E-state index contributed by atoms with van der Waals surface area (Å²) in [6.45, 7) is 0.202. The summed E-state index contributed by atoms with van der Waals surface area (Å²) in [5.74, 6) is 1.10. The van der Waals surface area contributed by atoms with Crippen molar-refractivity contribution in [1.29, 1.82) is 0 Å². The van der Waals surface area contributed by atoms with Crippen LogP contribution in [0, 0.1) is 0 Å². The molecule has 0 aliphatic carbocycles. The second-order valence-electron chi connectivity index (χ2n) is 6.46. The van der Waals surface area contributed by atoms with E-state index in [-0.39, 0.29) is 6.61 Å². The van der Waals surface area contributed by atoms with Gasteiger partial charge in [0.1, 0.15) is 6.61 Å². The predicted octanol–water partition coefficient (Wildman–Crippen LogP) is 5.14. The molecule has 0 saturated carbocycles. The summed E-state index contributed by atoms with van der Waals surface area (Å²) in [6.07, 6.45) is 3.02. The Morgan fingerprint density at radius 3 is 1.97 bits per heavy atom. The fourth-order valence-corrected chi connectivity index (χ4v) is 2.99. The maximum Gasteiger partial charge on any atom is 0.331 e. The molecule has 0 aliphatic heterocycles. The molecule has 0 bridgehead atoms. The van der Waals surface area contributed by atoms with Crippen LogP contribution in [-0.4, -0.2) is 27.3 Å². The molecule has 0 unspecified atom stereocenters. The molecule has 0 radical (unpaired) electrons. The van der Waals surface area contributed by atoms with Gasteiger partial charge in [0.25, 0.3) is 0 Å². The van der Waals surface area contributed by atoms with Crippen LogP contribution < -0.4 is 14.2 Å². The van der Waals surface area contributed by atoms with E-state index >= 15 is 0 Å². The molecule has 0 heterocycles. The SMILES string of the molecule is COc1cc(/C=C/C(=O)OCc2ccc(-c3ccccc3)cc2)cc(OC)c1OC. The number of carbonyl (C=O) groups is 1. The molecule has 3 rings (SSSR count). The number of benzene rings is 3. The van der Waals surface area contributed by atoms with E-state index < -0.39 is 5.97 Å². The number of hydrogen-bond donors (Lipinski definition) is 0. The first-order chi connectivity index (χ1) is 14.6. The molecule has 5 nitrogen and oxygen atoms in total. The number of esters is 1. The Balaban J connectivity index is 1.61. The number of carbonyl (C=O) groups excluding carboxylic acids is 1. The minimum atomic E-state index is -0.434. The van der Waals surface area contributed by atoms with Crippen LogP contribution in [-0.2, 0) is 16.1 Å². The second kappa shape index (κ2) is 10.2. The largest absolute Gasteiger partial charge is 0.493 e. The Hall–Kier alpha value is -3.73. The fourth-order valence-electron chi connectivity index (χ4n) is 2.99. The van der Waals surface area contributed by atoms with Crippen LogP contribution in [0.4, 0.5) is 0 Å². The van der Waals surface area contributed by atoms with Gasteiger partial charge in [0.05, 0.1) is 21.3 Å². The molecule has 30 heavy (non-hydrogen) atoms. The molecule has 0 N–H and O–H groups in total. The van der Waals surface area contributed by atoms with E-state index in [4.69, 9.17) is 18.9 Å². The van der Waals surface area contributed by atoms with E-state index in [9.17, 15) is 4.79 Å². The summed E-state index contributed by atoms with van der Waals surface area (Å²) in [6, 6.07) is 21.6. The van der Waals surface area contributed by atoms with Crippen molar-refractivity contribution in [1.82, 2.24) is 0 Å². The quantitative estimate of drug-likeness (QED) is 0.385. The maximum absolute atomic E-state index is 12.1. The Labute approximate surface area is 176 Å². The lowest BCUT2D eigenvalue weighted by Crippen LogP contribution is -2.01. The predicted molar refractivity (Wildman–Crippen MR) is 117 cm³/mol. The third-order valence-electron chi connectivity index (χ3n) is 4.54. The van der Waals surface area contributed by atoms with Gasteiger partial charge in [-0.2, -0.15) is 0 Å². The van der Waals surface area contributed by atoms with Crippen molar-refractivity contribution in [3.05, 3.63) is 83.9 Å². The first-order valence-corrected chi connectivity index (χ1v) is 9.44. The topological polar surface area (TPSA) is 54.0 Å². The van der Waals surface area contributed by atoms with E-state index in [1.807, 2.05) is 42.5 Å². The summed E-state index contributed by atoms with van der Waals surface area (Å²) < 4.78 is 21.3. The molecule has 0 atom stereocenters. The second-order valence-corrected chi connectivity index (χ2v) is 6.46. The minimum Gasteiger partial charge on any atom is -0.493 e. The average Bonchev–Trinajstić information content (AvgIpc) is 2.81. The summed E-state index contributed by atoms with van der Waals surface area (Å²) in [4.78, 5) is 12.1. The molecule has 5 heteroatoms. The highest BCUT2D eigenvalue weighted by molar-refractivity contribution is 5.87. The zero-order valence-electron chi connectivity index (χ0n) is 17.3. The van der Waals surface area contributed by atoms with Crippen molar-refractivity contribution in [2.45, 2.75) is 6.61 Å². The number of ether oxygens (including phenoxy) is 4. The molecule has 3 aromatic rings. The molecular weight excluding hydrogens is 380 g/mol. The van der Waals surface area contributed by atoms with Gasteiger partial charge in [-0.3, -0.25) is 0 Å². The molecular formula is C25H24O5. The van der Waals surface area contributed by atoms with Crippen molar-refractivity contribution in [2.24, 2.45) is 0 Å². The molecule has 0 fully saturated rings. The van der Waals surface area contributed by atoms with Gasteiger partial charge >= 0.3 is 5.97 Å².